The quantitative estimate of drug-likeness (QED) is 0.836. The second-order valence-corrected chi connectivity index (χ2v) is 6.18. The van der Waals surface area contributed by atoms with Gasteiger partial charge in [0.25, 0.3) is 10.0 Å². The first-order valence-electron chi connectivity index (χ1n) is 6.48. The van der Waals surface area contributed by atoms with Crippen molar-refractivity contribution in [2.75, 3.05) is 25.0 Å². The number of anilines is 1. The Morgan fingerprint density at radius 2 is 2.00 bits per heavy atom. The van der Waals surface area contributed by atoms with Gasteiger partial charge in [0.15, 0.2) is 5.03 Å². The van der Waals surface area contributed by atoms with E-state index >= 15 is 0 Å². The molecule has 1 aromatic rings. The number of hydrogen-bond acceptors (Lipinski definition) is 4. The van der Waals surface area contributed by atoms with Gasteiger partial charge in [0, 0.05) is 19.3 Å². The molecule has 0 spiro atoms. The smallest absolute Gasteiger partial charge is 0.383 e. The van der Waals surface area contributed by atoms with Crippen molar-refractivity contribution in [1.82, 2.24) is 9.29 Å². The maximum Gasteiger partial charge on any atom is 0.402 e. The Labute approximate surface area is 122 Å². The summed E-state index contributed by atoms with van der Waals surface area (Å²) < 4.78 is 62.6. The SMILES string of the molecule is CCCNc1cccnc1S(=O)(=O)N(CC)CC(F)(F)F. The van der Waals surface area contributed by atoms with Crippen LogP contribution in [0.15, 0.2) is 23.4 Å². The van der Waals surface area contributed by atoms with Crippen LogP contribution in [0.4, 0.5) is 18.9 Å². The van der Waals surface area contributed by atoms with E-state index in [1.807, 2.05) is 6.92 Å². The van der Waals surface area contributed by atoms with E-state index in [1.54, 1.807) is 0 Å². The van der Waals surface area contributed by atoms with Gasteiger partial charge in [-0.05, 0) is 18.6 Å². The van der Waals surface area contributed by atoms with Gasteiger partial charge in [-0.25, -0.2) is 13.4 Å². The molecule has 1 heterocycles. The molecule has 1 aromatic heterocycles. The fraction of sp³-hybridized carbons (Fsp3) is 0.583. The van der Waals surface area contributed by atoms with Crippen molar-refractivity contribution >= 4 is 15.7 Å². The Balaban J connectivity index is 3.16. The lowest BCUT2D eigenvalue weighted by molar-refractivity contribution is -0.135. The van der Waals surface area contributed by atoms with Crippen molar-refractivity contribution in [2.24, 2.45) is 0 Å². The van der Waals surface area contributed by atoms with Crippen molar-refractivity contribution in [3.8, 4) is 0 Å². The summed E-state index contributed by atoms with van der Waals surface area (Å²) >= 11 is 0. The predicted molar refractivity (Wildman–Crippen MR) is 73.5 cm³/mol. The van der Waals surface area contributed by atoms with E-state index in [0.29, 0.717) is 10.8 Å². The van der Waals surface area contributed by atoms with Crippen molar-refractivity contribution in [2.45, 2.75) is 31.5 Å². The Kier molecular flexibility index (Phi) is 5.97. The zero-order valence-corrected chi connectivity index (χ0v) is 12.6. The third-order valence-corrected chi connectivity index (χ3v) is 4.51. The van der Waals surface area contributed by atoms with Crippen LogP contribution in [-0.2, 0) is 10.0 Å². The summed E-state index contributed by atoms with van der Waals surface area (Å²) in [5.41, 5.74) is 0.208. The molecule has 5 nitrogen and oxygen atoms in total. The van der Waals surface area contributed by atoms with Gasteiger partial charge in [0.2, 0.25) is 0 Å². The molecule has 1 rings (SSSR count). The number of nitrogens with zero attached hydrogens (tertiary/aromatic N) is 2. The molecule has 0 amide bonds. The highest BCUT2D eigenvalue weighted by atomic mass is 32.2. The van der Waals surface area contributed by atoms with Gasteiger partial charge >= 0.3 is 6.18 Å². The van der Waals surface area contributed by atoms with Crippen LogP contribution in [0.2, 0.25) is 0 Å². The van der Waals surface area contributed by atoms with Crippen LogP contribution in [0.1, 0.15) is 20.3 Å². The zero-order chi connectivity index (χ0) is 16.1. The Hall–Kier alpha value is -1.35. The Morgan fingerprint density at radius 3 is 2.52 bits per heavy atom. The number of nitrogens with one attached hydrogen (secondary N) is 1. The third-order valence-electron chi connectivity index (χ3n) is 2.63. The number of pyridine rings is 1. The molecular weight excluding hydrogens is 307 g/mol. The van der Waals surface area contributed by atoms with Crippen LogP contribution in [0.3, 0.4) is 0 Å². The number of sulfonamides is 1. The number of aromatic nitrogens is 1. The van der Waals surface area contributed by atoms with Gasteiger partial charge in [-0.1, -0.05) is 13.8 Å². The van der Waals surface area contributed by atoms with Crippen LogP contribution in [0.5, 0.6) is 0 Å². The van der Waals surface area contributed by atoms with Gasteiger partial charge in [-0.3, -0.25) is 0 Å². The molecule has 0 aliphatic rings. The lowest BCUT2D eigenvalue weighted by Gasteiger charge is -2.22. The lowest BCUT2D eigenvalue weighted by Crippen LogP contribution is -2.39. The van der Waals surface area contributed by atoms with Gasteiger partial charge in [-0.2, -0.15) is 17.5 Å². The number of hydrogen-bond donors (Lipinski definition) is 1. The zero-order valence-electron chi connectivity index (χ0n) is 11.8. The minimum atomic E-state index is -4.60. The first kappa shape index (κ1) is 17.7. The molecule has 0 fully saturated rings. The molecule has 1 N–H and O–H groups in total. The van der Waals surface area contributed by atoms with E-state index in [0.717, 1.165) is 6.42 Å². The molecule has 0 aliphatic carbocycles. The highest BCUT2D eigenvalue weighted by Crippen LogP contribution is 2.25. The topological polar surface area (TPSA) is 62.3 Å². The number of alkyl halides is 3. The number of halogens is 3. The van der Waals surface area contributed by atoms with E-state index in [1.165, 1.54) is 25.3 Å². The maximum atomic E-state index is 12.5. The summed E-state index contributed by atoms with van der Waals surface area (Å²) in [4.78, 5) is 3.74. The fourth-order valence-electron chi connectivity index (χ4n) is 1.68. The fourth-order valence-corrected chi connectivity index (χ4v) is 3.19. The van der Waals surface area contributed by atoms with Gasteiger partial charge < -0.3 is 5.32 Å². The standard InChI is InChI=1S/C12H18F3N3O2S/c1-3-7-16-10-6-5-8-17-11(10)21(19,20)18(4-2)9-12(13,14)15/h5-6,8,16H,3-4,7,9H2,1-2H3. The summed E-state index contributed by atoms with van der Waals surface area (Å²) in [5, 5.41) is 2.48. The van der Waals surface area contributed by atoms with Gasteiger partial charge in [-0.15, -0.1) is 0 Å². The Morgan fingerprint density at radius 1 is 1.33 bits per heavy atom. The van der Waals surface area contributed by atoms with Crippen molar-refractivity contribution in [3.63, 3.8) is 0 Å². The van der Waals surface area contributed by atoms with Crippen molar-refractivity contribution < 1.29 is 21.6 Å². The van der Waals surface area contributed by atoms with E-state index < -0.39 is 22.7 Å². The summed E-state index contributed by atoms with van der Waals surface area (Å²) in [6.07, 6.45) is -2.62. The van der Waals surface area contributed by atoms with Gasteiger partial charge in [0.1, 0.15) is 6.54 Å². The highest BCUT2D eigenvalue weighted by Gasteiger charge is 2.37. The summed E-state index contributed by atoms with van der Waals surface area (Å²) in [5.74, 6) is 0. The van der Waals surface area contributed by atoms with E-state index in [-0.39, 0.29) is 17.3 Å². The van der Waals surface area contributed by atoms with Crippen LogP contribution < -0.4 is 5.32 Å². The van der Waals surface area contributed by atoms with Crippen molar-refractivity contribution in [3.05, 3.63) is 18.3 Å². The minimum Gasteiger partial charge on any atom is -0.383 e. The average Bonchev–Trinajstić information content (AvgIpc) is 2.41. The van der Waals surface area contributed by atoms with Crippen LogP contribution in [0.25, 0.3) is 0 Å². The van der Waals surface area contributed by atoms with Crippen molar-refractivity contribution in [1.29, 1.82) is 0 Å². The summed E-state index contributed by atoms with van der Waals surface area (Å²) in [6, 6.07) is 3.01. The molecule has 120 valence electrons. The first-order valence-corrected chi connectivity index (χ1v) is 7.92. The minimum absolute atomic E-state index is 0.208. The molecule has 0 unspecified atom stereocenters. The number of rotatable bonds is 7. The second kappa shape index (κ2) is 7.08. The molecular formula is C12H18F3N3O2S. The van der Waals surface area contributed by atoms with Gasteiger partial charge in [0.05, 0.1) is 5.69 Å². The highest BCUT2D eigenvalue weighted by molar-refractivity contribution is 7.89. The molecule has 21 heavy (non-hydrogen) atoms. The molecule has 0 radical (unpaired) electrons. The summed E-state index contributed by atoms with van der Waals surface area (Å²) in [7, 11) is -4.31. The van der Waals surface area contributed by atoms with E-state index in [4.69, 9.17) is 0 Å². The van der Waals surface area contributed by atoms with E-state index in [9.17, 15) is 21.6 Å². The average molecular weight is 325 g/mol. The summed E-state index contributed by atoms with van der Waals surface area (Å²) in [6.45, 7) is 1.92. The van der Waals surface area contributed by atoms with Crippen LogP contribution in [-0.4, -0.2) is 43.5 Å². The molecule has 0 saturated carbocycles. The van der Waals surface area contributed by atoms with Crippen LogP contribution >= 0.6 is 0 Å². The molecule has 0 bridgehead atoms. The van der Waals surface area contributed by atoms with Crippen LogP contribution in [0, 0.1) is 0 Å². The molecule has 0 aromatic carbocycles. The third kappa shape index (κ3) is 4.85. The largest absolute Gasteiger partial charge is 0.402 e. The monoisotopic (exact) mass is 325 g/mol. The lowest BCUT2D eigenvalue weighted by atomic mass is 10.4. The molecule has 0 saturated heterocycles. The Bertz CT molecular complexity index is 561. The maximum absolute atomic E-state index is 12.5. The normalized spacial score (nSPS) is 12.7. The molecule has 9 heteroatoms. The first-order chi connectivity index (χ1) is 9.72. The molecule has 0 aliphatic heterocycles. The predicted octanol–water partition coefficient (Wildman–Crippen LogP) is 2.48. The van der Waals surface area contributed by atoms with E-state index in [2.05, 4.69) is 10.3 Å². The molecule has 0 atom stereocenters. The second-order valence-electron chi connectivity index (χ2n) is 4.33.